The van der Waals surface area contributed by atoms with E-state index in [9.17, 15) is 18.0 Å². The van der Waals surface area contributed by atoms with Crippen LogP contribution in [0.3, 0.4) is 0 Å². The van der Waals surface area contributed by atoms with Crippen molar-refractivity contribution >= 4 is 38.3 Å². The van der Waals surface area contributed by atoms with Gasteiger partial charge in [-0.05, 0) is 25.0 Å². The van der Waals surface area contributed by atoms with Gasteiger partial charge >= 0.3 is 0 Å². The van der Waals surface area contributed by atoms with E-state index in [-0.39, 0.29) is 52.4 Å². The molecule has 4 aromatic rings. The average molecular weight is 540 g/mol. The predicted octanol–water partition coefficient (Wildman–Crippen LogP) is 2.62. The van der Waals surface area contributed by atoms with Gasteiger partial charge in [0, 0.05) is 18.0 Å². The van der Waals surface area contributed by atoms with Crippen LogP contribution in [0.15, 0.2) is 69.0 Å². The van der Waals surface area contributed by atoms with E-state index in [0.29, 0.717) is 29.4 Å². The summed E-state index contributed by atoms with van der Waals surface area (Å²) >= 11 is 1.08. The Labute approximate surface area is 217 Å². The third kappa shape index (κ3) is 5.44. The van der Waals surface area contributed by atoms with E-state index in [2.05, 4.69) is 15.3 Å². The summed E-state index contributed by atoms with van der Waals surface area (Å²) < 4.78 is 30.9. The van der Waals surface area contributed by atoms with Crippen molar-refractivity contribution in [3.63, 3.8) is 0 Å². The fourth-order valence-corrected chi connectivity index (χ4v) is 6.87. The first-order valence-corrected chi connectivity index (χ1v) is 14.7. The Morgan fingerprint density at radius 3 is 2.54 bits per heavy atom. The van der Waals surface area contributed by atoms with Crippen LogP contribution in [0.5, 0.6) is 0 Å². The van der Waals surface area contributed by atoms with Crippen molar-refractivity contribution in [3.05, 3.63) is 70.5 Å². The number of carbonyl (C=O) groups excluding carboxylic acids is 1. The molecule has 1 saturated heterocycles. The predicted molar refractivity (Wildman–Crippen MR) is 140 cm³/mol. The Kier molecular flexibility index (Phi) is 7.11. The molecule has 12 heteroatoms. The number of benzene rings is 2. The molecule has 10 nitrogen and oxygen atoms in total. The average Bonchev–Trinajstić information content (AvgIpc) is 3.51. The number of sulfone groups is 1. The summed E-state index contributed by atoms with van der Waals surface area (Å²) in [7, 11) is -3.10. The number of fused-ring (bicyclic) bond motifs is 1. The maximum atomic E-state index is 13.1. The molecular formula is C25H25N5O5S2. The Morgan fingerprint density at radius 1 is 1.11 bits per heavy atom. The molecule has 1 aliphatic rings. The maximum Gasteiger partial charge on any atom is 0.277 e. The monoisotopic (exact) mass is 539 g/mol. The Bertz CT molecular complexity index is 1600. The number of thioether (sulfide) groups is 1. The highest BCUT2D eigenvalue weighted by atomic mass is 32.2. The Morgan fingerprint density at radius 2 is 1.84 bits per heavy atom. The fraction of sp³-hybridized carbons (Fsp3) is 0.320. The van der Waals surface area contributed by atoms with E-state index in [1.807, 2.05) is 43.3 Å². The largest absolute Gasteiger partial charge is 0.409 e. The zero-order valence-electron chi connectivity index (χ0n) is 20.1. The summed E-state index contributed by atoms with van der Waals surface area (Å²) in [6, 6.07) is 16.3. The topological polar surface area (TPSA) is 128 Å². The third-order valence-corrected chi connectivity index (χ3v) is 8.83. The van der Waals surface area contributed by atoms with Crippen LogP contribution >= 0.6 is 11.8 Å². The van der Waals surface area contributed by atoms with Gasteiger partial charge in [-0.3, -0.25) is 9.59 Å². The number of carbonyl (C=O) groups is 1. The lowest BCUT2D eigenvalue weighted by Crippen LogP contribution is -2.41. The van der Waals surface area contributed by atoms with Crippen LogP contribution in [-0.2, 0) is 21.2 Å². The molecule has 1 fully saturated rings. The SMILES string of the molecule is CCN(C(=O)CSc1nnc(-c2nn(Cc3ccccc3)c(=O)c3ccccc23)o1)[C@H]1CCS(=O)(=O)C1. The summed E-state index contributed by atoms with van der Waals surface area (Å²) in [5.41, 5.74) is 1.08. The zero-order valence-corrected chi connectivity index (χ0v) is 21.7. The summed E-state index contributed by atoms with van der Waals surface area (Å²) in [6.07, 6.45) is 0.453. The van der Waals surface area contributed by atoms with Crippen molar-refractivity contribution in [2.24, 2.45) is 0 Å². The van der Waals surface area contributed by atoms with Gasteiger partial charge in [0.15, 0.2) is 15.5 Å². The molecule has 0 saturated carbocycles. The standard InChI is InChI=1S/C25H25N5O5S2/c1-2-29(18-12-13-37(33,34)16-18)21(31)15-36-25-27-26-23(35-25)22-19-10-6-7-11-20(19)24(32)30(28-22)14-17-8-4-3-5-9-17/h3-11,18H,2,12-16H2,1H3/t18-/m0/s1. The van der Waals surface area contributed by atoms with Gasteiger partial charge in [0.05, 0.1) is 29.2 Å². The number of nitrogens with zero attached hydrogens (tertiary/aromatic N) is 5. The lowest BCUT2D eigenvalue weighted by Gasteiger charge is -2.26. The van der Waals surface area contributed by atoms with Gasteiger partial charge in [0.2, 0.25) is 5.91 Å². The second-order valence-electron chi connectivity index (χ2n) is 8.74. The molecule has 2 aromatic heterocycles. The van der Waals surface area contributed by atoms with Crippen molar-refractivity contribution in [3.8, 4) is 11.6 Å². The van der Waals surface area contributed by atoms with Crippen LogP contribution in [0, 0.1) is 0 Å². The highest BCUT2D eigenvalue weighted by molar-refractivity contribution is 7.99. The molecule has 0 N–H and O–H groups in total. The first kappa shape index (κ1) is 25.2. The molecule has 2 aromatic carbocycles. The van der Waals surface area contributed by atoms with Crippen molar-refractivity contribution in [1.82, 2.24) is 24.9 Å². The van der Waals surface area contributed by atoms with Gasteiger partial charge in [0.25, 0.3) is 16.7 Å². The smallest absolute Gasteiger partial charge is 0.277 e. The van der Waals surface area contributed by atoms with E-state index in [1.165, 1.54) is 4.68 Å². The molecule has 1 atom stereocenters. The second kappa shape index (κ2) is 10.5. The number of amides is 1. The van der Waals surface area contributed by atoms with Crippen molar-refractivity contribution in [2.45, 2.75) is 31.2 Å². The minimum Gasteiger partial charge on any atom is -0.409 e. The molecule has 0 spiro atoms. The number of hydrogen-bond acceptors (Lipinski definition) is 9. The molecule has 3 heterocycles. The maximum absolute atomic E-state index is 13.1. The highest BCUT2D eigenvalue weighted by Crippen LogP contribution is 2.27. The van der Waals surface area contributed by atoms with Crippen molar-refractivity contribution in [1.29, 1.82) is 0 Å². The van der Waals surface area contributed by atoms with Crippen LogP contribution in [0.1, 0.15) is 18.9 Å². The second-order valence-corrected chi connectivity index (χ2v) is 11.9. The Hall–Kier alpha value is -3.51. The quantitative estimate of drug-likeness (QED) is 0.310. The lowest BCUT2D eigenvalue weighted by atomic mass is 10.1. The molecule has 1 aliphatic heterocycles. The first-order valence-electron chi connectivity index (χ1n) is 11.8. The molecule has 0 aliphatic carbocycles. The van der Waals surface area contributed by atoms with E-state index >= 15 is 0 Å². The minimum absolute atomic E-state index is 0.000608. The van der Waals surface area contributed by atoms with Crippen LogP contribution in [0.4, 0.5) is 0 Å². The number of rotatable bonds is 8. The lowest BCUT2D eigenvalue weighted by molar-refractivity contribution is -0.129. The number of hydrogen-bond donors (Lipinski definition) is 0. The summed E-state index contributed by atoms with van der Waals surface area (Å²) in [5, 5.41) is 14.0. The molecule has 0 radical (unpaired) electrons. The fourth-order valence-electron chi connectivity index (χ4n) is 4.49. The van der Waals surface area contributed by atoms with Crippen molar-refractivity contribution < 1.29 is 17.6 Å². The molecule has 37 heavy (non-hydrogen) atoms. The molecular weight excluding hydrogens is 514 g/mol. The summed E-state index contributed by atoms with van der Waals surface area (Å²) in [6.45, 7) is 2.54. The van der Waals surface area contributed by atoms with Crippen LogP contribution in [0.25, 0.3) is 22.4 Å². The van der Waals surface area contributed by atoms with Gasteiger partial charge in [-0.25, -0.2) is 13.1 Å². The van der Waals surface area contributed by atoms with Gasteiger partial charge in [-0.2, -0.15) is 5.10 Å². The van der Waals surface area contributed by atoms with E-state index in [0.717, 1.165) is 17.3 Å². The molecule has 1 amide bonds. The Balaban J connectivity index is 1.38. The third-order valence-electron chi connectivity index (χ3n) is 6.28. The molecule has 0 unspecified atom stereocenters. The van der Waals surface area contributed by atoms with Gasteiger partial charge in [0.1, 0.15) is 0 Å². The van der Waals surface area contributed by atoms with Crippen LogP contribution in [-0.4, -0.2) is 69.0 Å². The van der Waals surface area contributed by atoms with Crippen LogP contribution < -0.4 is 5.56 Å². The van der Waals surface area contributed by atoms with Gasteiger partial charge in [-0.1, -0.05) is 60.3 Å². The van der Waals surface area contributed by atoms with E-state index < -0.39 is 9.84 Å². The first-order chi connectivity index (χ1) is 17.8. The van der Waals surface area contributed by atoms with Crippen molar-refractivity contribution in [2.75, 3.05) is 23.8 Å². The molecule has 0 bridgehead atoms. The van der Waals surface area contributed by atoms with Gasteiger partial charge < -0.3 is 9.32 Å². The number of aromatic nitrogens is 4. The molecule has 192 valence electrons. The van der Waals surface area contributed by atoms with E-state index in [4.69, 9.17) is 4.42 Å². The van der Waals surface area contributed by atoms with Crippen LogP contribution in [0.2, 0.25) is 0 Å². The van der Waals surface area contributed by atoms with E-state index in [1.54, 1.807) is 23.1 Å². The molecule has 5 rings (SSSR count). The summed E-state index contributed by atoms with van der Waals surface area (Å²) in [4.78, 5) is 27.5. The van der Waals surface area contributed by atoms with Gasteiger partial charge in [-0.15, -0.1) is 10.2 Å². The normalized spacial score (nSPS) is 16.7. The minimum atomic E-state index is -3.10. The highest BCUT2D eigenvalue weighted by Gasteiger charge is 2.34. The zero-order chi connectivity index (χ0) is 26.0. The summed E-state index contributed by atoms with van der Waals surface area (Å²) in [5.74, 6) is 0.0961.